The number of aromatic hydroxyl groups is 2. The molecule has 2 N–H and O–H groups in total. The molecule has 2 aromatic carbocycles. The maximum atomic E-state index is 9.68. The summed E-state index contributed by atoms with van der Waals surface area (Å²) in [6, 6.07) is 14.2. The van der Waals surface area contributed by atoms with Crippen molar-refractivity contribution < 1.29 is 14.3 Å². The Morgan fingerprint density at radius 1 is 0.690 bits per heavy atom. The summed E-state index contributed by atoms with van der Waals surface area (Å²) < 4.78 is 6.78. The Hall–Kier alpha value is -1.57. The molecule has 0 spiro atoms. The van der Waals surface area contributed by atoms with Crippen molar-refractivity contribution in [1.82, 2.24) is 0 Å². The van der Waals surface area contributed by atoms with Gasteiger partial charge in [-0.15, -0.1) is 0 Å². The van der Waals surface area contributed by atoms with Crippen molar-refractivity contribution in [2.75, 3.05) is 0 Å². The van der Waals surface area contributed by atoms with Crippen LogP contribution in [0.3, 0.4) is 0 Å². The van der Waals surface area contributed by atoms with Gasteiger partial charge in [0.1, 0.15) is 11.5 Å². The van der Waals surface area contributed by atoms with E-state index in [-0.39, 0.29) is 0 Å². The normalized spacial score (nSPS) is 12.3. The molecule has 0 aliphatic carbocycles. The van der Waals surface area contributed by atoms with E-state index in [1.807, 2.05) is 26.0 Å². The van der Waals surface area contributed by atoms with Gasteiger partial charge in [0.05, 0.1) is 0 Å². The van der Waals surface area contributed by atoms with Gasteiger partial charge in [0, 0.05) is 0 Å². The van der Waals surface area contributed by atoms with Crippen LogP contribution in [-0.2, 0) is 17.0 Å². The summed E-state index contributed by atoms with van der Waals surface area (Å²) in [7, 11) is -3.37. The number of rotatable bonds is 10. The van der Waals surface area contributed by atoms with Gasteiger partial charge in [0.25, 0.3) is 0 Å². The predicted molar refractivity (Wildman–Crippen MR) is 128 cm³/mol. The molecule has 29 heavy (non-hydrogen) atoms. The summed E-state index contributed by atoms with van der Waals surface area (Å²) in [4.78, 5) is 0. The van der Waals surface area contributed by atoms with E-state index in [9.17, 15) is 10.2 Å². The zero-order chi connectivity index (χ0) is 21.7. The summed E-state index contributed by atoms with van der Waals surface area (Å²) >= 11 is 0. The quantitative estimate of drug-likeness (QED) is 0.412. The van der Waals surface area contributed by atoms with Gasteiger partial charge in [-0.2, -0.15) is 0 Å². The van der Waals surface area contributed by atoms with Crippen LogP contribution in [0.5, 0.6) is 11.5 Å². The molecule has 0 fully saturated rings. The van der Waals surface area contributed by atoms with Crippen LogP contribution >= 0.6 is 0 Å². The van der Waals surface area contributed by atoms with Crippen molar-refractivity contribution in [3.05, 3.63) is 58.7 Å². The first kappa shape index (κ1) is 23.7. The van der Waals surface area contributed by atoms with Crippen LogP contribution in [0, 0.1) is 13.8 Å². The number of phenols is 2. The van der Waals surface area contributed by atoms with E-state index < -0.39 is 16.6 Å². The molecule has 0 aliphatic heterocycles. The third-order valence-corrected chi connectivity index (χ3v) is 13.1. The van der Waals surface area contributed by atoms with E-state index in [4.69, 9.17) is 4.12 Å². The Bertz CT molecular complexity index is 748. The minimum Gasteiger partial charge on any atom is -0.508 e. The number of benzene rings is 2. The lowest BCUT2D eigenvalue weighted by Crippen LogP contribution is -2.44. The van der Waals surface area contributed by atoms with Gasteiger partial charge in [0.2, 0.25) is 0 Å². The van der Waals surface area contributed by atoms with Crippen LogP contribution in [-0.4, -0.2) is 26.8 Å². The second kappa shape index (κ2) is 9.96. The molecule has 3 nitrogen and oxygen atoms in total. The van der Waals surface area contributed by atoms with Crippen molar-refractivity contribution in [2.24, 2.45) is 0 Å². The van der Waals surface area contributed by atoms with E-state index in [1.165, 1.54) is 23.2 Å². The van der Waals surface area contributed by atoms with Gasteiger partial charge in [-0.3, -0.25) is 0 Å². The Balaban J connectivity index is 1.78. The van der Waals surface area contributed by atoms with Gasteiger partial charge in [-0.1, -0.05) is 24.3 Å². The highest BCUT2D eigenvalue weighted by Gasteiger charge is 2.32. The number of aryl methyl sites for hydroxylation is 4. The third kappa shape index (κ3) is 7.99. The van der Waals surface area contributed by atoms with Crippen LogP contribution in [0.25, 0.3) is 0 Å². The van der Waals surface area contributed by atoms with Crippen LogP contribution in [0.15, 0.2) is 36.4 Å². The van der Waals surface area contributed by atoms with E-state index in [2.05, 4.69) is 38.3 Å². The minimum absolute atomic E-state index is 0.377. The number of hydrogen-bond donors (Lipinski definition) is 2. The maximum Gasteiger partial charge on any atom is 0.173 e. The van der Waals surface area contributed by atoms with Gasteiger partial charge < -0.3 is 14.3 Å². The molecule has 0 unspecified atom stereocenters. The molecule has 0 saturated carbocycles. The number of phenolic OH excluding ortho intramolecular Hbond substituents is 2. The van der Waals surface area contributed by atoms with Crippen molar-refractivity contribution >= 4 is 16.6 Å². The van der Waals surface area contributed by atoms with Crippen molar-refractivity contribution in [3.8, 4) is 11.5 Å². The van der Waals surface area contributed by atoms with E-state index >= 15 is 0 Å². The minimum atomic E-state index is -1.68. The number of hydrogen-bond acceptors (Lipinski definition) is 3. The standard InChI is InChI=1S/C24H38O3Si2/c1-19-17-21(11-13-23(19)25)9-7-15-28(3,4)27-29(5,6)16-8-10-22-12-14-24(26)20(2)18-22/h11-14,17-18,25-26H,7-10,15-16H2,1-6H3. The molecule has 0 radical (unpaired) electrons. The molecule has 0 aromatic heterocycles. The Morgan fingerprint density at radius 3 is 1.41 bits per heavy atom. The molecule has 0 aliphatic rings. The van der Waals surface area contributed by atoms with Crippen LogP contribution in [0.1, 0.15) is 35.1 Å². The smallest absolute Gasteiger partial charge is 0.173 e. The fourth-order valence-electron chi connectivity index (χ4n) is 4.03. The summed E-state index contributed by atoms with van der Waals surface area (Å²) in [6.07, 6.45) is 4.37. The Labute approximate surface area is 179 Å². The Kier molecular flexibility index (Phi) is 8.14. The van der Waals surface area contributed by atoms with Gasteiger partial charge in [0.15, 0.2) is 16.6 Å². The lowest BCUT2D eigenvalue weighted by Gasteiger charge is -2.34. The molecule has 0 atom stereocenters. The molecule has 0 amide bonds. The average molecular weight is 431 g/mol. The van der Waals surface area contributed by atoms with Crippen molar-refractivity contribution in [2.45, 2.75) is 77.8 Å². The highest BCUT2D eigenvalue weighted by atomic mass is 28.4. The molecule has 2 aromatic rings. The molecule has 0 heterocycles. The molecule has 5 heteroatoms. The summed E-state index contributed by atoms with van der Waals surface area (Å²) in [5.41, 5.74) is 4.50. The lowest BCUT2D eigenvalue weighted by atomic mass is 10.1. The summed E-state index contributed by atoms with van der Waals surface area (Å²) in [6.45, 7) is 13.3. The summed E-state index contributed by atoms with van der Waals surface area (Å²) in [5, 5.41) is 19.4. The fraction of sp³-hybridized carbons (Fsp3) is 0.500. The third-order valence-electron chi connectivity index (χ3n) is 5.56. The zero-order valence-corrected chi connectivity index (χ0v) is 21.0. The van der Waals surface area contributed by atoms with Crippen LogP contribution in [0.4, 0.5) is 0 Å². The zero-order valence-electron chi connectivity index (χ0n) is 19.0. The summed E-state index contributed by atoms with van der Waals surface area (Å²) in [5.74, 6) is 0.754. The topological polar surface area (TPSA) is 49.7 Å². The average Bonchev–Trinajstić information content (AvgIpc) is 2.60. The second-order valence-corrected chi connectivity index (χ2v) is 18.4. The highest BCUT2D eigenvalue weighted by molar-refractivity contribution is 6.84. The maximum absolute atomic E-state index is 9.68. The Morgan fingerprint density at radius 2 is 1.07 bits per heavy atom. The molecule has 0 saturated heterocycles. The van der Waals surface area contributed by atoms with Crippen molar-refractivity contribution in [1.29, 1.82) is 0 Å². The van der Waals surface area contributed by atoms with Gasteiger partial charge in [-0.05, 0) is 112 Å². The first-order chi connectivity index (χ1) is 13.5. The first-order valence-electron chi connectivity index (χ1n) is 10.7. The van der Waals surface area contributed by atoms with Crippen LogP contribution in [0.2, 0.25) is 38.3 Å². The molecule has 2 rings (SSSR count). The second-order valence-electron chi connectivity index (χ2n) is 9.57. The predicted octanol–water partition coefficient (Wildman–Crippen LogP) is 6.71. The molecule has 160 valence electrons. The fourth-order valence-corrected chi connectivity index (χ4v) is 12.9. The lowest BCUT2D eigenvalue weighted by molar-refractivity contribution is 0.470. The van der Waals surface area contributed by atoms with Crippen molar-refractivity contribution in [3.63, 3.8) is 0 Å². The SMILES string of the molecule is Cc1cc(CCC[Si](C)(C)O[Si](C)(C)CCCc2ccc(O)c(C)c2)ccc1O. The van der Waals surface area contributed by atoms with E-state index in [1.54, 1.807) is 12.1 Å². The molecular formula is C24H38O3Si2. The largest absolute Gasteiger partial charge is 0.508 e. The van der Waals surface area contributed by atoms with Gasteiger partial charge >= 0.3 is 0 Å². The monoisotopic (exact) mass is 430 g/mol. The molecule has 0 bridgehead atoms. The van der Waals surface area contributed by atoms with Crippen LogP contribution < -0.4 is 0 Å². The highest BCUT2D eigenvalue weighted by Crippen LogP contribution is 2.26. The van der Waals surface area contributed by atoms with E-state index in [0.29, 0.717) is 11.5 Å². The van der Waals surface area contributed by atoms with E-state index in [0.717, 1.165) is 36.8 Å². The molecular weight excluding hydrogens is 392 g/mol. The van der Waals surface area contributed by atoms with Gasteiger partial charge in [-0.25, -0.2) is 0 Å². The first-order valence-corrected chi connectivity index (χ1v) is 17.0.